The van der Waals surface area contributed by atoms with E-state index in [1.54, 1.807) is 7.05 Å². The molecule has 0 aromatic carbocycles. The maximum absolute atomic E-state index is 12.2. The van der Waals surface area contributed by atoms with Crippen LogP contribution in [0.5, 0.6) is 0 Å². The first kappa shape index (κ1) is 16.5. The van der Waals surface area contributed by atoms with Crippen LogP contribution in [0.15, 0.2) is 11.4 Å². The standard InChI is InChI=1S/C18H27N3O2S/c1-13-5-6-24-16(13)8-20-10-18(11-20)12-21(7-14-3-4-14)15(9-23-18)17(22)19-2/h5-6,14-15H,3-4,7-12H2,1-2H3,(H,19,22). The maximum Gasteiger partial charge on any atom is 0.239 e. The minimum absolute atomic E-state index is 0.0649. The Morgan fingerprint density at radius 2 is 2.21 bits per heavy atom. The second-order valence-electron chi connectivity index (χ2n) is 7.67. The Morgan fingerprint density at radius 1 is 1.42 bits per heavy atom. The molecule has 2 aliphatic heterocycles. The van der Waals surface area contributed by atoms with Crippen LogP contribution in [0, 0.1) is 12.8 Å². The van der Waals surface area contributed by atoms with Gasteiger partial charge in [0.15, 0.2) is 0 Å². The molecular weight excluding hydrogens is 322 g/mol. The van der Waals surface area contributed by atoms with E-state index in [1.807, 2.05) is 11.3 Å². The van der Waals surface area contributed by atoms with Crippen LogP contribution in [-0.4, -0.2) is 67.2 Å². The van der Waals surface area contributed by atoms with E-state index in [4.69, 9.17) is 4.74 Å². The van der Waals surface area contributed by atoms with E-state index >= 15 is 0 Å². The molecule has 1 unspecified atom stereocenters. The van der Waals surface area contributed by atoms with E-state index in [0.29, 0.717) is 6.61 Å². The number of ether oxygens (including phenoxy) is 1. The van der Waals surface area contributed by atoms with Crippen molar-refractivity contribution in [1.82, 2.24) is 15.1 Å². The van der Waals surface area contributed by atoms with Gasteiger partial charge in [0.25, 0.3) is 0 Å². The summed E-state index contributed by atoms with van der Waals surface area (Å²) < 4.78 is 6.21. The highest BCUT2D eigenvalue weighted by atomic mass is 32.1. The number of morpholine rings is 1. The zero-order chi connectivity index (χ0) is 16.7. The Kier molecular flexibility index (Phi) is 4.41. The minimum Gasteiger partial charge on any atom is -0.369 e. The van der Waals surface area contributed by atoms with Crippen LogP contribution in [-0.2, 0) is 16.1 Å². The monoisotopic (exact) mass is 349 g/mol. The van der Waals surface area contributed by atoms with E-state index in [9.17, 15) is 4.79 Å². The molecule has 24 heavy (non-hydrogen) atoms. The fraction of sp³-hybridized carbons (Fsp3) is 0.722. The first-order valence-corrected chi connectivity index (χ1v) is 9.81. The average molecular weight is 350 g/mol. The van der Waals surface area contributed by atoms with E-state index in [-0.39, 0.29) is 17.6 Å². The zero-order valence-electron chi connectivity index (χ0n) is 14.6. The number of rotatable bonds is 5. The van der Waals surface area contributed by atoms with Gasteiger partial charge in [-0.1, -0.05) is 0 Å². The Hall–Kier alpha value is -0.950. The van der Waals surface area contributed by atoms with Crippen molar-refractivity contribution >= 4 is 17.2 Å². The topological polar surface area (TPSA) is 44.8 Å². The number of likely N-dealkylation sites (tertiary alicyclic amines) is 1. The number of likely N-dealkylation sites (N-methyl/N-ethyl adjacent to an activating group) is 1. The molecule has 0 radical (unpaired) electrons. The maximum atomic E-state index is 12.2. The lowest BCUT2D eigenvalue weighted by molar-refractivity contribution is -0.202. The Labute approximate surface area is 148 Å². The second-order valence-corrected chi connectivity index (χ2v) is 8.67. The summed E-state index contributed by atoms with van der Waals surface area (Å²) >= 11 is 1.84. The number of thiophene rings is 1. The summed E-state index contributed by atoms with van der Waals surface area (Å²) in [5.41, 5.74) is 1.32. The van der Waals surface area contributed by atoms with Gasteiger partial charge in [0.2, 0.25) is 5.91 Å². The van der Waals surface area contributed by atoms with Gasteiger partial charge in [-0.2, -0.15) is 0 Å². The summed E-state index contributed by atoms with van der Waals surface area (Å²) in [5.74, 6) is 0.883. The molecule has 2 saturated heterocycles. The molecular formula is C18H27N3O2S. The molecule has 3 heterocycles. The van der Waals surface area contributed by atoms with Gasteiger partial charge in [0.05, 0.1) is 6.61 Å². The van der Waals surface area contributed by atoms with Crippen LogP contribution in [0.2, 0.25) is 0 Å². The Bertz CT molecular complexity index is 607. The predicted octanol–water partition coefficient (Wildman–Crippen LogP) is 1.47. The van der Waals surface area contributed by atoms with Gasteiger partial charge in [-0.15, -0.1) is 11.3 Å². The third-order valence-electron chi connectivity index (χ3n) is 5.58. The smallest absolute Gasteiger partial charge is 0.239 e. The molecule has 1 amide bonds. The van der Waals surface area contributed by atoms with Crippen LogP contribution in [0.4, 0.5) is 0 Å². The number of carbonyl (C=O) groups excluding carboxylic acids is 1. The van der Waals surface area contributed by atoms with Gasteiger partial charge in [-0.05, 0) is 42.7 Å². The lowest BCUT2D eigenvalue weighted by atomic mass is 9.90. The molecule has 1 spiro atoms. The highest BCUT2D eigenvalue weighted by molar-refractivity contribution is 7.10. The SMILES string of the molecule is CNC(=O)C1COC2(CN(Cc3sccc3C)C2)CN1CC1CC1. The Balaban J connectivity index is 1.37. The van der Waals surface area contributed by atoms with E-state index in [1.165, 1.54) is 23.3 Å². The number of hydrogen-bond acceptors (Lipinski definition) is 5. The van der Waals surface area contributed by atoms with Gasteiger partial charge in [0.1, 0.15) is 11.6 Å². The van der Waals surface area contributed by atoms with Gasteiger partial charge < -0.3 is 10.1 Å². The third kappa shape index (κ3) is 3.25. The number of amides is 1. The fourth-order valence-corrected chi connectivity index (χ4v) is 4.91. The molecule has 1 aliphatic carbocycles. The first-order valence-electron chi connectivity index (χ1n) is 8.93. The van der Waals surface area contributed by atoms with Crippen molar-refractivity contribution in [3.8, 4) is 0 Å². The van der Waals surface area contributed by atoms with Gasteiger partial charge >= 0.3 is 0 Å². The first-order chi connectivity index (χ1) is 11.6. The molecule has 3 fully saturated rings. The fourth-order valence-electron chi connectivity index (χ4n) is 3.96. The number of nitrogens with zero attached hydrogens (tertiary/aromatic N) is 2. The van der Waals surface area contributed by atoms with Crippen molar-refractivity contribution in [3.05, 3.63) is 21.9 Å². The molecule has 1 aromatic heterocycles. The quantitative estimate of drug-likeness (QED) is 0.874. The van der Waals surface area contributed by atoms with Crippen LogP contribution in [0.25, 0.3) is 0 Å². The van der Waals surface area contributed by atoms with Crippen molar-refractivity contribution in [3.63, 3.8) is 0 Å². The lowest BCUT2D eigenvalue weighted by Gasteiger charge is -2.55. The number of aryl methyl sites for hydroxylation is 1. The summed E-state index contributed by atoms with van der Waals surface area (Å²) in [6.07, 6.45) is 2.63. The summed E-state index contributed by atoms with van der Waals surface area (Å²) in [6.45, 7) is 7.63. The molecule has 0 bridgehead atoms. The largest absolute Gasteiger partial charge is 0.369 e. The summed E-state index contributed by atoms with van der Waals surface area (Å²) in [4.78, 5) is 18.5. The van der Waals surface area contributed by atoms with Crippen LogP contribution < -0.4 is 5.32 Å². The Morgan fingerprint density at radius 3 is 2.83 bits per heavy atom. The van der Waals surface area contributed by atoms with Gasteiger partial charge in [-0.3, -0.25) is 14.6 Å². The average Bonchev–Trinajstić information content (AvgIpc) is 3.27. The molecule has 3 aliphatic rings. The normalized spacial score (nSPS) is 27.2. The van der Waals surface area contributed by atoms with Crippen molar-refractivity contribution in [1.29, 1.82) is 0 Å². The summed E-state index contributed by atoms with van der Waals surface area (Å²) in [6, 6.07) is 2.08. The molecule has 6 heteroatoms. The highest BCUT2D eigenvalue weighted by Gasteiger charge is 2.51. The zero-order valence-corrected chi connectivity index (χ0v) is 15.4. The minimum atomic E-state index is -0.116. The molecule has 5 nitrogen and oxygen atoms in total. The molecule has 1 atom stereocenters. The van der Waals surface area contributed by atoms with Crippen molar-refractivity contribution in [2.24, 2.45) is 5.92 Å². The highest BCUT2D eigenvalue weighted by Crippen LogP contribution is 2.36. The second kappa shape index (κ2) is 6.41. The van der Waals surface area contributed by atoms with E-state index in [2.05, 4.69) is 33.5 Å². The molecule has 1 aromatic rings. The third-order valence-corrected chi connectivity index (χ3v) is 6.58. The molecule has 4 rings (SSSR count). The number of carbonyl (C=O) groups is 1. The van der Waals surface area contributed by atoms with Crippen molar-refractivity contribution < 1.29 is 9.53 Å². The van der Waals surface area contributed by atoms with Crippen LogP contribution >= 0.6 is 11.3 Å². The number of hydrogen-bond donors (Lipinski definition) is 1. The van der Waals surface area contributed by atoms with Gasteiger partial charge in [0, 0.05) is 44.6 Å². The predicted molar refractivity (Wildman–Crippen MR) is 95.2 cm³/mol. The van der Waals surface area contributed by atoms with Crippen LogP contribution in [0.3, 0.4) is 0 Å². The molecule has 1 N–H and O–H groups in total. The van der Waals surface area contributed by atoms with E-state index in [0.717, 1.165) is 38.6 Å². The molecule has 132 valence electrons. The summed E-state index contributed by atoms with van der Waals surface area (Å²) in [5, 5.41) is 4.97. The van der Waals surface area contributed by atoms with Crippen molar-refractivity contribution in [2.45, 2.75) is 38.0 Å². The van der Waals surface area contributed by atoms with E-state index < -0.39 is 0 Å². The lowest BCUT2D eigenvalue weighted by Crippen LogP contribution is -2.72. The van der Waals surface area contributed by atoms with Crippen LogP contribution in [0.1, 0.15) is 23.3 Å². The van der Waals surface area contributed by atoms with Gasteiger partial charge in [-0.25, -0.2) is 0 Å². The summed E-state index contributed by atoms with van der Waals surface area (Å²) in [7, 11) is 1.72. The molecule has 1 saturated carbocycles. The number of nitrogens with one attached hydrogen (secondary N) is 1. The van der Waals surface area contributed by atoms with Crippen molar-refractivity contribution in [2.75, 3.05) is 39.8 Å².